The van der Waals surface area contributed by atoms with Gasteiger partial charge in [0.25, 0.3) is 5.91 Å². The van der Waals surface area contributed by atoms with Gasteiger partial charge in [0.15, 0.2) is 0 Å². The molecule has 0 spiro atoms. The molecule has 0 aliphatic rings. The van der Waals surface area contributed by atoms with Crippen LogP contribution in [0, 0.1) is 0 Å². The minimum absolute atomic E-state index is 0.00986. The zero-order chi connectivity index (χ0) is 14.5. The summed E-state index contributed by atoms with van der Waals surface area (Å²) in [6.07, 6.45) is 0.811. The standard InChI is InChI=1S/C16H17BrN2O/c1-19(10-9-12-5-2-3-8-15(12)17)16(20)13-6-4-7-14(18)11-13/h2-8,11H,9-10,18H2,1H3. The van der Waals surface area contributed by atoms with Crippen molar-refractivity contribution in [3.63, 3.8) is 0 Å². The van der Waals surface area contributed by atoms with E-state index in [1.807, 2.05) is 25.2 Å². The number of amides is 1. The van der Waals surface area contributed by atoms with Gasteiger partial charge in [0.2, 0.25) is 0 Å². The fourth-order valence-electron chi connectivity index (χ4n) is 1.98. The maximum Gasteiger partial charge on any atom is 0.253 e. The number of rotatable bonds is 4. The molecule has 2 rings (SSSR count). The minimum atomic E-state index is -0.00986. The molecular weight excluding hydrogens is 316 g/mol. The first-order valence-corrected chi connectivity index (χ1v) is 7.21. The van der Waals surface area contributed by atoms with Crippen LogP contribution < -0.4 is 5.73 Å². The second-order valence-corrected chi connectivity index (χ2v) is 5.55. The van der Waals surface area contributed by atoms with E-state index in [-0.39, 0.29) is 5.91 Å². The van der Waals surface area contributed by atoms with Crippen molar-refractivity contribution in [3.8, 4) is 0 Å². The third-order valence-corrected chi connectivity index (χ3v) is 3.93. The number of hydrogen-bond donors (Lipinski definition) is 1. The van der Waals surface area contributed by atoms with Crippen LogP contribution in [0.25, 0.3) is 0 Å². The van der Waals surface area contributed by atoms with E-state index in [0.717, 1.165) is 10.9 Å². The summed E-state index contributed by atoms with van der Waals surface area (Å²) in [6, 6.07) is 15.1. The molecule has 2 aromatic carbocycles. The summed E-state index contributed by atoms with van der Waals surface area (Å²) in [5, 5.41) is 0. The van der Waals surface area contributed by atoms with Crippen molar-refractivity contribution in [2.75, 3.05) is 19.3 Å². The lowest BCUT2D eigenvalue weighted by Crippen LogP contribution is -2.28. The van der Waals surface area contributed by atoms with Crippen molar-refractivity contribution in [2.24, 2.45) is 0 Å². The number of halogens is 1. The molecule has 0 aliphatic carbocycles. The first-order chi connectivity index (χ1) is 9.58. The predicted octanol–water partition coefficient (Wildman–Crippen LogP) is 3.35. The second-order valence-electron chi connectivity index (χ2n) is 4.69. The van der Waals surface area contributed by atoms with Gasteiger partial charge in [-0.05, 0) is 36.2 Å². The molecule has 0 aromatic heterocycles. The predicted molar refractivity (Wildman–Crippen MR) is 85.7 cm³/mol. The van der Waals surface area contributed by atoms with Gasteiger partial charge in [0.05, 0.1) is 0 Å². The molecule has 0 fully saturated rings. The number of carbonyl (C=O) groups is 1. The van der Waals surface area contributed by atoms with E-state index >= 15 is 0 Å². The highest BCUT2D eigenvalue weighted by molar-refractivity contribution is 9.10. The smallest absolute Gasteiger partial charge is 0.253 e. The summed E-state index contributed by atoms with van der Waals surface area (Å²) in [5.41, 5.74) is 8.13. The first-order valence-electron chi connectivity index (χ1n) is 6.42. The number of carbonyl (C=O) groups excluding carboxylic acids is 1. The topological polar surface area (TPSA) is 46.3 Å². The molecule has 0 atom stereocenters. The summed E-state index contributed by atoms with van der Waals surface area (Å²) in [6.45, 7) is 0.663. The molecule has 20 heavy (non-hydrogen) atoms. The Hall–Kier alpha value is -1.81. The molecule has 2 N–H and O–H groups in total. The van der Waals surface area contributed by atoms with Crippen LogP contribution in [0.1, 0.15) is 15.9 Å². The fraction of sp³-hybridized carbons (Fsp3) is 0.188. The molecule has 0 bridgehead atoms. The Kier molecular flexibility index (Phi) is 4.79. The molecule has 0 heterocycles. The lowest BCUT2D eigenvalue weighted by molar-refractivity contribution is 0.0796. The van der Waals surface area contributed by atoms with E-state index in [1.165, 1.54) is 5.56 Å². The quantitative estimate of drug-likeness (QED) is 0.873. The third-order valence-electron chi connectivity index (χ3n) is 3.15. The van der Waals surface area contributed by atoms with Gasteiger partial charge in [-0.15, -0.1) is 0 Å². The number of nitrogens with zero attached hydrogens (tertiary/aromatic N) is 1. The SMILES string of the molecule is CN(CCc1ccccc1Br)C(=O)c1cccc(N)c1. The number of benzene rings is 2. The Morgan fingerprint density at radius 2 is 1.95 bits per heavy atom. The average Bonchev–Trinajstić information content (AvgIpc) is 2.45. The Bertz CT molecular complexity index is 613. The molecule has 0 radical (unpaired) electrons. The van der Waals surface area contributed by atoms with Crippen LogP contribution in [-0.4, -0.2) is 24.4 Å². The van der Waals surface area contributed by atoms with Gasteiger partial charge in [0.1, 0.15) is 0 Å². The molecule has 2 aromatic rings. The Balaban J connectivity index is 2.00. The second kappa shape index (κ2) is 6.57. The van der Waals surface area contributed by atoms with Crippen LogP contribution in [0.4, 0.5) is 5.69 Å². The van der Waals surface area contributed by atoms with Crippen LogP contribution in [-0.2, 0) is 6.42 Å². The van der Waals surface area contributed by atoms with Gasteiger partial charge in [-0.25, -0.2) is 0 Å². The summed E-state index contributed by atoms with van der Waals surface area (Å²) in [5.74, 6) is -0.00986. The van der Waals surface area contributed by atoms with Gasteiger partial charge in [-0.2, -0.15) is 0 Å². The van der Waals surface area contributed by atoms with Crippen LogP contribution in [0.3, 0.4) is 0 Å². The zero-order valence-electron chi connectivity index (χ0n) is 11.3. The van der Waals surface area contributed by atoms with E-state index < -0.39 is 0 Å². The Morgan fingerprint density at radius 1 is 1.20 bits per heavy atom. The molecule has 0 saturated heterocycles. The normalized spacial score (nSPS) is 10.3. The van der Waals surface area contributed by atoms with Crippen molar-refractivity contribution in [1.82, 2.24) is 4.90 Å². The molecule has 1 amide bonds. The van der Waals surface area contributed by atoms with E-state index in [1.54, 1.807) is 29.2 Å². The van der Waals surface area contributed by atoms with Crippen molar-refractivity contribution in [3.05, 3.63) is 64.1 Å². The minimum Gasteiger partial charge on any atom is -0.399 e. The summed E-state index contributed by atoms with van der Waals surface area (Å²) >= 11 is 3.52. The molecule has 0 unspecified atom stereocenters. The van der Waals surface area contributed by atoms with Crippen LogP contribution in [0.15, 0.2) is 53.0 Å². The number of hydrogen-bond acceptors (Lipinski definition) is 2. The van der Waals surface area contributed by atoms with Gasteiger partial charge in [0, 0.05) is 29.3 Å². The van der Waals surface area contributed by atoms with Gasteiger partial charge >= 0.3 is 0 Å². The number of anilines is 1. The number of nitrogen functional groups attached to an aromatic ring is 1. The summed E-state index contributed by atoms with van der Waals surface area (Å²) < 4.78 is 1.07. The van der Waals surface area contributed by atoms with E-state index in [4.69, 9.17) is 5.73 Å². The van der Waals surface area contributed by atoms with Gasteiger partial charge in [-0.1, -0.05) is 40.2 Å². The maximum atomic E-state index is 12.3. The zero-order valence-corrected chi connectivity index (χ0v) is 12.9. The Morgan fingerprint density at radius 3 is 2.65 bits per heavy atom. The lowest BCUT2D eigenvalue weighted by atomic mass is 10.1. The van der Waals surface area contributed by atoms with Gasteiger partial charge in [-0.3, -0.25) is 4.79 Å². The average molecular weight is 333 g/mol. The summed E-state index contributed by atoms with van der Waals surface area (Å²) in [7, 11) is 1.81. The number of nitrogens with two attached hydrogens (primary N) is 1. The van der Waals surface area contributed by atoms with E-state index in [9.17, 15) is 4.79 Å². The van der Waals surface area contributed by atoms with Crippen molar-refractivity contribution in [2.45, 2.75) is 6.42 Å². The molecule has 3 nitrogen and oxygen atoms in total. The highest BCUT2D eigenvalue weighted by Crippen LogP contribution is 2.17. The lowest BCUT2D eigenvalue weighted by Gasteiger charge is -2.18. The van der Waals surface area contributed by atoms with E-state index in [2.05, 4.69) is 22.0 Å². The van der Waals surface area contributed by atoms with Crippen molar-refractivity contribution in [1.29, 1.82) is 0 Å². The largest absolute Gasteiger partial charge is 0.399 e. The summed E-state index contributed by atoms with van der Waals surface area (Å²) in [4.78, 5) is 14.0. The monoisotopic (exact) mass is 332 g/mol. The highest BCUT2D eigenvalue weighted by atomic mass is 79.9. The molecule has 4 heteroatoms. The highest BCUT2D eigenvalue weighted by Gasteiger charge is 2.12. The third kappa shape index (κ3) is 3.61. The van der Waals surface area contributed by atoms with E-state index in [0.29, 0.717) is 17.8 Å². The maximum absolute atomic E-state index is 12.3. The molecule has 0 saturated carbocycles. The van der Waals surface area contributed by atoms with Crippen LogP contribution >= 0.6 is 15.9 Å². The fourth-order valence-corrected chi connectivity index (χ4v) is 2.47. The van der Waals surface area contributed by atoms with Crippen molar-refractivity contribution >= 4 is 27.5 Å². The van der Waals surface area contributed by atoms with Gasteiger partial charge < -0.3 is 10.6 Å². The molecular formula is C16H17BrN2O. The van der Waals surface area contributed by atoms with Crippen molar-refractivity contribution < 1.29 is 4.79 Å². The van der Waals surface area contributed by atoms with Crippen LogP contribution in [0.5, 0.6) is 0 Å². The van der Waals surface area contributed by atoms with Crippen LogP contribution in [0.2, 0.25) is 0 Å². The first kappa shape index (κ1) is 14.6. The Labute approximate surface area is 127 Å². The molecule has 0 aliphatic heterocycles. The number of likely N-dealkylation sites (N-methyl/N-ethyl adjacent to an activating group) is 1. The molecule has 104 valence electrons.